The van der Waals surface area contributed by atoms with Crippen molar-refractivity contribution in [2.45, 2.75) is 12.3 Å². The molecule has 0 aromatic heterocycles. The standard InChI is InChI=1S/C13H17NO3/c1-17-12-4-2-10(3-5-12)11-6-7-14(8-11)9-13(15)16/h2-5,11H,6-9H2,1H3,(H,15,16). The first-order chi connectivity index (χ1) is 8.19. The smallest absolute Gasteiger partial charge is 0.317 e. The zero-order valence-electron chi connectivity index (χ0n) is 9.93. The molecule has 1 aliphatic heterocycles. The Morgan fingerprint density at radius 3 is 2.76 bits per heavy atom. The van der Waals surface area contributed by atoms with Crippen LogP contribution in [-0.4, -0.2) is 42.7 Å². The van der Waals surface area contributed by atoms with Crippen molar-refractivity contribution >= 4 is 5.97 Å². The minimum atomic E-state index is -0.750. The van der Waals surface area contributed by atoms with E-state index >= 15 is 0 Å². The molecule has 1 unspecified atom stereocenters. The Morgan fingerprint density at radius 2 is 2.18 bits per heavy atom. The fraction of sp³-hybridized carbons (Fsp3) is 0.462. The van der Waals surface area contributed by atoms with Crippen LogP contribution in [0.4, 0.5) is 0 Å². The Bertz CT molecular complexity index is 388. The van der Waals surface area contributed by atoms with Gasteiger partial charge < -0.3 is 9.84 Å². The molecular weight excluding hydrogens is 218 g/mol. The summed E-state index contributed by atoms with van der Waals surface area (Å²) in [5.41, 5.74) is 1.26. The van der Waals surface area contributed by atoms with Crippen LogP contribution in [0.15, 0.2) is 24.3 Å². The lowest BCUT2D eigenvalue weighted by Gasteiger charge is -2.13. The number of aliphatic carboxylic acids is 1. The van der Waals surface area contributed by atoms with Gasteiger partial charge in [-0.25, -0.2) is 0 Å². The molecule has 92 valence electrons. The van der Waals surface area contributed by atoms with Crippen molar-refractivity contribution < 1.29 is 14.6 Å². The molecule has 1 aromatic carbocycles. The summed E-state index contributed by atoms with van der Waals surface area (Å²) >= 11 is 0. The number of likely N-dealkylation sites (tertiary alicyclic amines) is 1. The van der Waals surface area contributed by atoms with Crippen LogP contribution < -0.4 is 4.74 Å². The minimum absolute atomic E-state index is 0.145. The molecule has 4 nitrogen and oxygen atoms in total. The SMILES string of the molecule is COc1ccc(C2CCN(CC(=O)O)C2)cc1. The zero-order chi connectivity index (χ0) is 12.3. The van der Waals surface area contributed by atoms with Crippen LogP contribution in [0.5, 0.6) is 5.75 Å². The summed E-state index contributed by atoms with van der Waals surface area (Å²) in [5.74, 6) is 0.551. The minimum Gasteiger partial charge on any atom is -0.497 e. The number of carboxylic acid groups (broad SMARTS) is 1. The van der Waals surface area contributed by atoms with E-state index in [1.165, 1.54) is 5.56 Å². The molecule has 0 spiro atoms. The second kappa shape index (κ2) is 5.19. The Labute approximate surface area is 101 Å². The Morgan fingerprint density at radius 1 is 1.47 bits per heavy atom. The Kier molecular flexibility index (Phi) is 3.64. The van der Waals surface area contributed by atoms with Gasteiger partial charge in [-0.05, 0) is 36.6 Å². The molecule has 0 saturated carbocycles. The summed E-state index contributed by atoms with van der Waals surface area (Å²) in [4.78, 5) is 12.6. The molecule has 1 aliphatic rings. The molecule has 2 rings (SSSR count). The van der Waals surface area contributed by atoms with Crippen molar-refractivity contribution in [3.05, 3.63) is 29.8 Å². The van der Waals surface area contributed by atoms with E-state index in [0.29, 0.717) is 5.92 Å². The number of methoxy groups -OCH3 is 1. The number of ether oxygens (including phenoxy) is 1. The highest BCUT2D eigenvalue weighted by molar-refractivity contribution is 5.69. The number of hydrogen-bond acceptors (Lipinski definition) is 3. The van der Waals surface area contributed by atoms with Gasteiger partial charge in [0.2, 0.25) is 0 Å². The van der Waals surface area contributed by atoms with Crippen LogP contribution in [-0.2, 0) is 4.79 Å². The molecule has 1 fully saturated rings. The molecule has 0 aliphatic carbocycles. The van der Waals surface area contributed by atoms with E-state index < -0.39 is 5.97 Å². The van der Waals surface area contributed by atoms with E-state index in [0.717, 1.165) is 25.3 Å². The van der Waals surface area contributed by atoms with Crippen molar-refractivity contribution in [1.29, 1.82) is 0 Å². The van der Waals surface area contributed by atoms with Gasteiger partial charge in [-0.15, -0.1) is 0 Å². The van der Waals surface area contributed by atoms with Gasteiger partial charge in [-0.2, -0.15) is 0 Å². The summed E-state index contributed by atoms with van der Waals surface area (Å²) < 4.78 is 5.12. The number of carboxylic acids is 1. The summed E-state index contributed by atoms with van der Waals surface area (Å²) in [6.45, 7) is 1.84. The van der Waals surface area contributed by atoms with E-state index in [1.807, 2.05) is 17.0 Å². The molecule has 1 N–H and O–H groups in total. The molecule has 1 aromatic rings. The highest BCUT2D eigenvalue weighted by atomic mass is 16.5. The van der Waals surface area contributed by atoms with Crippen LogP contribution in [0.2, 0.25) is 0 Å². The average molecular weight is 235 g/mol. The van der Waals surface area contributed by atoms with Crippen molar-refractivity contribution in [3.63, 3.8) is 0 Å². The Balaban J connectivity index is 1.97. The largest absolute Gasteiger partial charge is 0.497 e. The van der Waals surface area contributed by atoms with Crippen molar-refractivity contribution in [1.82, 2.24) is 4.90 Å². The number of hydrogen-bond donors (Lipinski definition) is 1. The third-order valence-electron chi connectivity index (χ3n) is 3.22. The van der Waals surface area contributed by atoms with Crippen molar-refractivity contribution in [2.75, 3.05) is 26.7 Å². The van der Waals surface area contributed by atoms with Gasteiger partial charge in [-0.1, -0.05) is 12.1 Å². The number of rotatable bonds is 4. The number of benzene rings is 1. The highest BCUT2D eigenvalue weighted by Gasteiger charge is 2.24. The first-order valence-electron chi connectivity index (χ1n) is 5.77. The molecule has 1 atom stereocenters. The first-order valence-corrected chi connectivity index (χ1v) is 5.77. The summed E-state index contributed by atoms with van der Waals surface area (Å²) in [5, 5.41) is 8.74. The van der Waals surface area contributed by atoms with E-state index in [1.54, 1.807) is 7.11 Å². The maximum Gasteiger partial charge on any atom is 0.317 e. The number of carbonyl (C=O) groups is 1. The number of nitrogens with zero attached hydrogens (tertiary/aromatic N) is 1. The van der Waals surface area contributed by atoms with E-state index in [-0.39, 0.29) is 6.54 Å². The lowest BCUT2D eigenvalue weighted by Crippen LogP contribution is -2.27. The van der Waals surface area contributed by atoms with Crippen LogP contribution in [0.1, 0.15) is 17.9 Å². The van der Waals surface area contributed by atoms with Gasteiger partial charge >= 0.3 is 5.97 Å². The molecule has 4 heteroatoms. The van der Waals surface area contributed by atoms with Gasteiger partial charge in [0.1, 0.15) is 5.75 Å². The van der Waals surface area contributed by atoms with Crippen LogP contribution >= 0.6 is 0 Å². The Hall–Kier alpha value is -1.55. The first kappa shape index (κ1) is 11.9. The van der Waals surface area contributed by atoms with Crippen LogP contribution in [0.25, 0.3) is 0 Å². The average Bonchev–Trinajstić information content (AvgIpc) is 2.77. The summed E-state index contributed by atoms with van der Waals surface area (Å²) in [6.07, 6.45) is 1.03. The van der Waals surface area contributed by atoms with Gasteiger partial charge in [0.05, 0.1) is 13.7 Å². The topological polar surface area (TPSA) is 49.8 Å². The fourth-order valence-electron chi connectivity index (χ4n) is 2.32. The predicted octanol–water partition coefficient (Wildman–Crippen LogP) is 1.57. The summed E-state index contributed by atoms with van der Waals surface area (Å²) in [7, 11) is 1.65. The molecule has 1 saturated heterocycles. The molecular formula is C13H17NO3. The summed E-state index contributed by atoms with van der Waals surface area (Å²) in [6, 6.07) is 8.03. The third-order valence-corrected chi connectivity index (χ3v) is 3.22. The second-order valence-electron chi connectivity index (χ2n) is 4.39. The monoisotopic (exact) mass is 235 g/mol. The molecule has 17 heavy (non-hydrogen) atoms. The molecule has 1 heterocycles. The van der Waals surface area contributed by atoms with Gasteiger partial charge in [0.15, 0.2) is 0 Å². The normalized spacial score (nSPS) is 20.4. The van der Waals surface area contributed by atoms with Gasteiger partial charge in [-0.3, -0.25) is 9.69 Å². The maximum absolute atomic E-state index is 10.6. The van der Waals surface area contributed by atoms with Crippen molar-refractivity contribution in [2.24, 2.45) is 0 Å². The van der Waals surface area contributed by atoms with E-state index in [2.05, 4.69) is 12.1 Å². The van der Waals surface area contributed by atoms with Crippen molar-refractivity contribution in [3.8, 4) is 5.75 Å². The quantitative estimate of drug-likeness (QED) is 0.860. The van der Waals surface area contributed by atoms with Crippen LogP contribution in [0, 0.1) is 0 Å². The lowest BCUT2D eigenvalue weighted by atomic mass is 9.98. The molecule has 0 amide bonds. The molecule has 0 radical (unpaired) electrons. The van der Waals surface area contributed by atoms with E-state index in [9.17, 15) is 4.79 Å². The van der Waals surface area contributed by atoms with Gasteiger partial charge in [0, 0.05) is 6.54 Å². The second-order valence-corrected chi connectivity index (χ2v) is 4.39. The highest BCUT2D eigenvalue weighted by Crippen LogP contribution is 2.28. The van der Waals surface area contributed by atoms with E-state index in [4.69, 9.17) is 9.84 Å². The maximum atomic E-state index is 10.6. The van der Waals surface area contributed by atoms with Crippen LogP contribution in [0.3, 0.4) is 0 Å². The predicted molar refractivity (Wildman–Crippen MR) is 64.4 cm³/mol. The lowest BCUT2D eigenvalue weighted by molar-refractivity contribution is -0.138. The molecule has 0 bridgehead atoms. The zero-order valence-corrected chi connectivity index (χ0v) is 9.93. The van der Waals surface area contributed by atoms with Gasteiger partial charge in [0.25, 0.3) is 0 Å². The fourth-order valence-corrected chi connectivity index (χ4v) is 2.32. The third kappa shape index (κ3) is 2.97.